The van der Waals surface area contributed by atoms with Crippen LogP contribution in [0.5, 0.6) is 0 Å². The SMILES string of the molecule is C#CCN(CC1CC1)C(=O)c1ccc(F)c(F)c1F. The van der Waals surface area contributed by atoms with Crippen molar-refractivity contribution in [1.82, 2.24) is 4.90 Å². The third kappa shape index (κ3) is 2.90. The van der Waals surface area contributed by atoms with Gasteiger partial charge in [0, 0.05) is 6.54 Å². The van der Waals surface area contributed by atoms with Gasteiger partial charge in [-0.3, -0.25) is 4.79 Å². The largest absolute Gasteiger partial charge is 0.327 e. The lowest BCUT2D eigenvalue weighted by molar-refractivity contribution is 0.0763. The summed E-state index contributed by atoms with van der Waals surface area (Å²) in [5, 5.41) is 0. The van der Waals surface area contributed by atoms with E-state index in [4.69, 9.17) is 6.42 Å². The Morgan fingerprint density at radius 3 is 2.58 bits per heavy atom. The number of carbonyl (C=O) groups is 1. The highest BCUT2D eigenvalue weighted by Crippen LogP contribution is 2.30. The van der Waals surface area contributed by atoms with Crippen LogP contribution in [0.25, 0.3) is 0 Å². The molecule has 0 N–H and O–H groups in total. The molecule has 1 amide bonds. The molecule has 100 valence electrons. The second-order valence-electron chi connectivity index (χ2n) is 4.56. The third-order valence-electron chi connectivity index (χ3n) is 3.01. The van der Waals surface area contributed by atoms with E-state index in [0.717, 1.165) is 25.0 Å². The molecule has 2 nitrogen and oxygen atoms in total. The molecule has 0 unspecified atom stereocenters. The monoisotopic (exact) mass is 267 g/mol. The Balaban J connectivity index is 2.25. The molecule has 0 aromatic heterocycles. The van der Waals surface area contributed by atoms with Crippen LogP contribution in [0.15, 0.2) is 12.1 Å². The van der Waals surface area contributed by atoms with Gasteiger partial charge >= 0.3 is 0 Å². The highest BCUT2D eigenvalue weighted by Gasteiger charge is 2.29. The molecule has 0 heterocycles. The molecule has 2 rings (SSSR count). The number of terminal acetylenes is 1. The van der Waals surface area contributed by atoms with Gasteiger partial charge < -0.3 is 4.90 Å². The number of amides is 1. The summed E-state index contributed by atoms with van der Waals surface area (Å²) in [5.74, 6) is -2.46. The predicted octanol–water partition coefficient (Wildman–Crippen LogP) is 2.59. The van der Waals surface area contributed by atoms with Gasteiger partial charge in [-0.05, 0) is 30.9 Å². The predicted molar refractivity (Wildman–Crippen MR) is 63.8 cm³/mol. The molecule has 1 aliphatic rings. The van der Waals surface area contributed by atoms with E-state index in [2.05, 4.69) is 5.92 Å². The molecule has 0 saturated heterocycles. The highest BCUT2D eigenvalue weighted by atomic mass is 19.2. The number of hydrogen-bond acceptors (Lipinski definition) is 1. The van der Waals surface area contributed by atoms with Crippen LogP contribution in [0.3, 0.4) is 0 Å². The van der Waals surface area contributed by atoms with E-state index in [-0.39, 0.29) is 6.54 Å². The first-order valence-corrected chi connectivity index (χ1v) is 5.90. The van der Waals surface area contributed by atoms with Crippen LogP contribution in [-0.2, 0) is 0 Å². The number of rotatable bonds is 4. The fraction of sp³-hybridized carbons (Fsp3) is 0.357. The summed E-state index contributed by atoms with van der Waals surface area (Å²) in [6.07, 6.45) is 7.15. The topological polar surface area (TPSA) is 20.3 Å². The van der Waals surface area contributed by atoms with Crippen molar-refractivity contribution in [3.8, 4) is 12.3 Å². The molecule has 0 radical (unpaired) electrons. The number of benzene rings is 1. The van der Waals surface area contributed by atoms with E-state index >= 15 is 0 Å². The van der Waals surface area contributed by atoms with Gasteiger partial charge in [0.2, 0.25) is 0 Å². The smallest absolute Gasteiger partial charge is 0.257 e. The van der Waals surface area contributed by atoms with Crippen molar-refractivity contribution in [1.29, 1.82) is 0 Å². The molecule has 0 bridgehead atoms. The van der Waals surface area contributed by atoms with Gasteiger partial charge in [-0.2, -0.15) is 0 Å². The van der Waals surface area contributed by atoms with Crippen molar-refractivity contribution in [2.24, 2.45) is 5.92 Å². The van der Waals surface area contributed by atoms with Crippen molar-refractivity contribution < 1.29 is 18.0 Å². The summed E-state index contributed by atoms with van der Waals surface area (Å²) in [6, 6.07) is 1.67. The van der Waals surface area contributed by atoms with Crippen molar-refractivity contribution in [3.05, 3.63) is 35.1 Å². The van der Waals surface area contributed by atoms with E-state index in [1.54, 1.807) is 0 Å². The lowest BCUT2D eigenvalue weighted by atomic mass is 10.1. The van der Waals surface area contributed by atoms with Gasteiger partial charge in [0.25, 0.3) is 5.91 Å². The minimum atomic E-state index is -1.64. The Morgan fingerprint density at radius 2 is 2.00 bits per heavy atom. The third-order valence-corrected chi connectivity index (χ3v) is 3.01. The molecule has 1 aliphatic carbocycles. The zero-order valence-electron chi connectivity index (χ0n) is 10.1. The van der Waals surface area contributed by atoms with Gasteiger partial charge in [-0.1, -0.05) is 5.92 Å². The molecule has 19 heavy (non-hydrogen) atoms. The minimum absolute atomic E-state index is 0.0216. The lowest BCUT2D eigenvalue weighted by Crippen LogP contribution is -2.34. The molecule has 5 heteroatoms. The van der Waals surface area contributed by atoms with Gasteiger partial charge in [0.05, 0.1) is 12.1 Å². The molecule has 0 aliphatic heterocycles. The summed E-state index contributed by atoms with van der Waals surface area (Å²) in [7, 11) is 0. The van der Waals surface area contributed by atoms with E-state index in [0.29, 0.717) is 12.5 Å². The number of hydrogen-bond donors (Lipinski definition) is 0. The number of nitrogens with zero attached hydrogens (tertiary/aromatic N) is 1. The van der Waals surface area contributed by atoms with Crippen molar-refractivity contribution in [2.45, 2.75) is 12.8 Å². The Labute approximate surface area is 109 Å². The van der Waals surface area contributed by atoms with Crippen LogP contribution in [0, 0.1) is 35.7 Å². The summed E-state index contributed by atoms with van der Waals surface area (Å²) in [4.78, 5) is 13.4. The highest BCUT2D eigenvalue weighted by molar-refractivity contribution is 5.94. The zero-order valence-corrected chi connectivity index (χ0v) is 10.1. The first-order valence-electron chi connectivity index (χ1n) is 5.90. The molecule has 0 spiro atoms. The Kier molecular flexibility index (Phi) is 3.79. The average Bonchev–Trinajstić information content (AvgIpc) is 3.19. The van der Waals surface area contributed by atoms with Gasteiger partial charge in [-0.15, -0.1) is 6.42 Å². The summed E-state index contributed by atoms with van der Waals surface area (Å²) in [6.45, 7) is 0.440. The van der Waals surface area contributed by atoms with E-state index in [1.807, 2.05) is 0 Å². The van der Waals surface area contributed by atoms with E-state index in [9.17, 15) is 18.0 Å². The summed E-state index contributed by atoms with van der Waals surface area (Å²) in [5.41, 5.74) is -0.491. The zero-order chi connectivity index (χ0) is 14.0. The van der Waals surface area contributed by atoms with Crippen LogP contribution in [0.4, 0.5) is 13.2 Å². The van der Waals surface area contributed by atoms with Crippen LogP contribution >= 0.6 is 0 Å². The molecule has 1 aromatic carbocycles. The first kappa shape index (κ1) is 13.5. The second kappa shape index (κ2) is 5.35. The van der Waals surface area contributed by atoms with Crippen LogP contribution in [-0.4, -0.2) is 23.9 Å². The number of halogens is 3. The van der Waals surface area contributed by atoms with Crippen molar-refractivity contribution >= 4 is 5.91 Å². The summed E-state index contributed by atoms with van der Waals surface area (Å²) < 4.78 is 39.5. The number of carbonyl (C=O) groups excluding carboxylic acids is 1. The standard InChI is InChI=1S/C14H12F3NO/c1-2-7-18(8-9-3-4-9)14(19)10-5-6-11(15)13(17)12(10)16/h1,5-6,9H,3-4,7-8H2. The molecule has 1 fully saturated rings. The van der Waals surface area contributed by atoms with Gasteiger partial charge in [0.1, 0.15) is 0 Å². The molecular formula is C14H12F3NO. The maximum atomic E-state index is 13.6. The van der Waals surface area contributed by atoms with Gasteiger partial charge in [0.15, 0.2) is 17.5 Å². The van der Waals surface area contributed by atoms with Crippen LogP contribution in [0.1, 0.15) is 23.2 Å². The second-order valence-corrected chi connectivity index (χ2v) is 4.56. The fourth-order valence-electron chi connectivity index (χ4n) is 1.80. The molecular weight excluding hydrogens is 255 g/mol. The van der Waals surface area contributed by atoms with Gasteiger partial charge in [-0.25, -0.2) is 13.2 Å². The normalized spacial score (nSPS) is 14.0. The average molecular weight is 267 g/mol. The summed E-state index contributed by atoms with van der Waals surface area (Å²) >= 11 is 0. The molecule has 0 atom stereocenters. The van der Waals surface area contributed by atoms with Crippen LogP contribution < -0.4 is 0 Å². The maximum absolute atomic E-state index is 13.6. The van der Waals surface area contributed by atoms with Crippen LogP contribution in [0.2, 0.25) is 0 Å². The minimum Gasteiger partial charge on any atom is -0.327 e. The van der Waals surface area contributed by atoms with E-state index < -0.39 is 28.9 Å². The molecule has 1 saturated carbocycles. The lowest BCUT2D eigenvalue weighted by Gasteiger charge is -2.20. The molecule has 1 aromatic rings. The maximum Gasteiger partial charge on any atom is 0.257 e. The van der Waals surface area contributed by atoms with E-state index in [1.165, 1.54) is 4.90 Å². The van der Waals surface area contributed by atoms with Crippen molar-refractivity contribution in [3.63, 3.8) is 0 Å². The Hall–Kier alpha value is -1.96. The first-order chi connectivity index (χ1) is 9.04. The quantitative estimate of drug-likeness (QED) is 0.606. The Morgan fingerprint density at radius 1 is 1.32 bits per heavy atom. The fourth-order valence-corrected chi connectivity index (χ4v) is 1.80. The Bertz CT molecular complexity index is 546. The van der Waals surface area contributed by atoms with Crippen molar-refractivity contribution in [2.75, 3.05) is 13.1 Å².